The number of sulfonamides is 1. The monoisotopic (exact) mass is 431 g/mol. The number of carbonyl (C=O) groups is 2. The van der Waals surface area contributed by atoms with Crippen molar-refractivity contribution in [2.75, 3.05) is 23.7 Å². The highest BCUT2D eigenvalue weighted by molar-refractivity contribution is 7.89. The van der Waals surface area contributed by atoms with Crippen LogP contribution in [-0.2, 0) is 14.8 Å². The number of anilines is 2. The number of hydrogen-bond donors (Lipinski definition) is 2. The van der Waals surface area contributed by atoms with E-state index in [1.807, 2.05) is 6.92 Å². The van der Waals surface area contributed by atoms with Crippen LogP contribution in [0.4, 0.5) is 11.4 Å². The van der Waals surface area contributed by atoms with Crippen LogP contribution in [-0.4, -0.2) is 37.6 Å². The summed E-state index contributed by atoms with van der Waals surface area (Å²) >= 11 is 0. The molecule has 0 fully saturated rings. The largest absolute Gasteiger partial charge is 0.326 e. The third-order valence-corrected chi connectivity index (χ3v) is 6.71. The highest BCUT2D eigenvalue weighted by Gasteiger charge is 2.21. The highest BCUT2D eigenvalue weighted by atomic mass is 32.2. The summed E-state index contributed by atoms with van der Waals surface area (Å²) in [6.45, 7) is 6.39. The van der Waals surface area contributed by atoms with Gasteiger partial charge in [0.1, 0.15) is 0 Å². The molecular weight excluding hydrogens is 402 g/mol. The fraction of sp³-hybridized carbons (Fsp3) is 0.364. The van der Waals surface area contributed by atoms with E-state index in [2.05, 4.69) is 10.6 Å². The molecule has 30 heavy (non-hydrogen) atoms. The topological polar surface area (TPSA) is 95.6 Å². The van der Waals surface area contributed by atoms with Gasteiger partial charge in [0, 0.05) is 36.4 Å². The van der Waals surface area contributed by atoms with Gasteiger partial charge in [-0.05, 0) is 55.0 Å². The number of rotatable bonds is 10. The number of benzene rings is 2. The maximum absolute atomic E-state index is 12.5. The van der Waals surface area contributed by atoms with E-state index < -0.39 is 10.0 Å². The Morgan fingerprint density at radius 2 is 1.37 bits per heavy atom. The summed E-state index contributed by atoms with van der Waals surface area (Å²) in [5.41, 5.74) is 1.57. The molecule has 0 unspecified atom stereocenters. The minimum atomic E-state index is -3.53. The Bertz CT molecular complexity index is 951. The van der Waals surface area contributed by atoms with Gasteiger partial charge in [0.25, 0.3) is 5.91 Å². The van der Waals surface area contributed by atoms with E-state index in [9.17, 15) is 18.0 Å². The first-order chi connectivity index (χ1) is 14.3. The van der Waals surface area contributed by atoms with Crippen LogP contribution in [0.2, 0.25) is 0 Å². The summed E-state index contributed by atoms with van der Waals surface area (Å²) in [7, 11) is -3.53. The summed E-state index contributed by atoms with van der Waals surface area (Å²) in [5, 5.41) is 5.55. The van der Waals surface area contributed by atoms with Gasteiger partial charge in [-0.25, -0.2) is 8.42 Å². The minimum absolute atomic E-state index is 0.0474. The Morgan fingerprint density at radius 1 is 0.833 bits per heavy atom. The van der Waals surface area contributed by atoms with Crippen molar-refractivity contribution in [2.24, 2.45) is 0 Å². The molecule has 0 atom stereocenters. The lowest BCUT2D eigenvalue weighted by Gasteiger charge is -2.18. The Labute approximate surface area is 178 Å². The maximum Gasteiger partial charge on any atom is 0.255 e. The van der Waals surface area contributed by atoms with Gasteiger partial charge in [-0.3, -0.25) is 9.59 Å². The first-order valence-electron chi connectivity index (χ1n) is 10.1. The Kier molecular flexibility index (Phi) is 8.56. The molecule has 2 N–H and O–H groups in total. The van der Waals surface area contributed by atoms with Crippen molar-refractivity contribution in [3.8, 4) is 0 Å². The van der Waals surface area contributed by atoms with Crippen molar-refractivity contribution in [2.45, 2.75) is 44.9 Å². The predicted octanol–water partition coefficient (Wildman–Crippen LogP) is 4.10. The summed E-state index contributed by atoms with van der Waals surface area (Å²) in [6.07, 6.45) is 2.26. The Morgan fingerprint density at radius 3 is 1.90 bits per heavy atom. The lowest BCUT2D eigenvalue weighted by Crippen LogP contribution is -2.30. The van der Waals surface area contributed by atoms with E-state index in [4.69, 9.17) is 0 Å². The SMILES string of the molecule is CCCCC(=O)Nc1ccc(C(=O)Nc2ccc(S(=O)(=O)N(CC)CC)cc2)cc1. The molecule has 0 aliphatic carbocycles. The van der Waals surface area contributed by atoms with Crippen LogP contribution in [0.15, 0.2) is 53.4 Å². The van der Waals surface area contributed by atoms with E-state index in [-0.39, 0.29) is 16.7 Å². The van der Waals surface area contributed by atoms with Crippen LogP contribution in [0, 0.1) is 0 Å². The van der Waals surface area contributed by atoms with Crippen molar-refractivity contribution in [3.63, 3.8) is 0 Å². The van der Waals surface area contributed by atoms with Gasteiger partial charge in [0.15, 0.2) is 0 Å². The maximum atomic E-state index is 12.5. The normalized spacial score (nSPS) is 11.3. The van der Waals surface area contributed by atoms with Gasteiger partial charge in [-0.1, -0.05) is 27.2 Å². The second-order valence-corrected chi connectivity index (χ2v) is 8.73. The molecule has 8 heteroatoms. The summed E-state index contributed by atoms with van der Waals surface area (Å²) in [4.78, 5) is 24.4. The van der Waals surface area contributed by atoms with Crippen molar-refractivity contribution in [3.05, 3.63) is 54.1 Å². The summed E-state index contributed by atoms with van der Waals surface area (Å²) in [6, 6.07) is 12.7. The lowest BCUT2D eigenvalue weighted by molar-refractivity contribution is -0.116. The molecule has 0 saturated heterocycles. The van der Waals surface area contributed by atoms with Crippen molar-refractivity contribution in [1.29, 1.82) is 0 Å². The molecule has 2 amide bonds. The average molecular weight is 432 g/mol. The first-order valence-corrected chi connectivity index (χ1v) is 11.6. The predicted molar refractivity (Wildman–Crippen MR) is 119 cm³/mol. The summed E-state index contributed by atoms with van der Waals surface area (Å²) < 4.78 is 26.4. The van der Waals surface area contributed by atoms with Crippen molar-refractivity contribution >= 4 is 33.2 Å². The molecule has 0 radical (unpaired) electrons. The second kappa shape index (κ2) is 10.9. The molecule has 2 aromatic carbocycles. The molecule has 0 saturated carbocycles. The van der Waals surface area contributed by atoms with E-state index in [0.29, 0.717) is 36.4 Å². The quantitative estimate of drug-likeness (QED) is 0.592. The second-order valence-electron chi connectivity index (χ2n) is 6.80. The molecule has 0 aliphatic heterocycles. The first kappa shape index (κ1) is 23.6. The molecule has 2 aromatic rings. The Balaban J connectivity index is 2.01. The lowest BCUT2D eigenvalue weighted by atomic mass is 10.1. The molecule has 7 nitrogen and oxygen atoms in total. The number of carbonyl (C=O) groups excluding carboxylic acids is 2. The van der Waals surface area contributed by atoms with Gasteiger partial charge in [0.2, 0.25) is 15.9 Å². The number of hydrogen-bond acceptors (Lipinski definition) is 4. The number of unbranched alkanes of at least 4 members (excludes halogenated alkanes) is 1. The molecular formula is C22H29N3O4S. The third-order valence-electron chi connectivity index (χ3n) is 4.64. The minimum Gasteiger partial charge on any atom is -0.326 e. The van der Waals surface area contributed by atoms with E-state index in [1.54, 1.807) is 50.2 Å². The fourth-order valence-electron chi connectivity index (χ4n) is 2.89. The van der Waals surface area contributed by atoms with Gasteiger partial charge in [-0.15, -0.1) is 0 Å². The van der Waals surface area contributed by atoms with E-state index in [1.165, 1.54) is 16.4 Å². The molecule has 0 bridgehead atoms. The average Bonchev–Trinajstić information content (AvgIpc) is 2.74. The standard InChI is InChI=1S/C22H29N3O4S/c1-4-7-8-21(26)23-18-11-9-17(10-12-18)22(27)24-19-13-15-20(16-14-19)30(28,29)25(5-2)6-3/h9-16H,4-8H2,1-3H3,(H,23,26)(H,24,27). The van der Waals surface area contributed by atoms with Crippen LogP contribution in [0.25, 0.3) is 0 Å². The van der Waals surface area contributed by atoms with Crippen LogP contribution < -0.4 is 10.6 Å². The van der Waals surface area contributed by atoms with Crippen LogP contribution >= 0.6 is 0 Å². The van der Waals surface area contributed by atoms with Crippen LogP contribution in [0.1, 0.15) is 50.4 Å². The van der Waals surface area contributed by atoms with Crippen LogP contribution in [0.3, 0.4) is 0 Å². The molecule has 0 aliphatic rings. The number of nitrogens with zero attached hydrogens (tertiary/aromatic N) is 1. The highest BCUT2D eigenvalue weighted by Crippen LogP contribution is 2.19. The van der Waals surface area contributed by atoms with Gasteiger partial charge in [0.05, 0.1) is 4.90 Å². The van der Waals surface area contributed by atoms with Gasteiger partial charge in [-0.2, -0.15) is 4.31 Å². The molecule has 0 aromatic heterocycles. The molecule has 2 rings (SSSR count). The van der Waals surface area contributed by atoms with Gasteiger partial charge >= 0.3 is 0 Å². The molecule has 0 spiro atoms. The molecule has 162 valence electrons. The van der Waals surface area contributed by atoms with Crippen LogP contribution in [0.5, 0.6) is 0 Å². The van der Waals surface area contributed by atoms with Crippen molar-refractivity contribution < 1.29 is 18.0 Å². The number of nitrogens with one attached hydrogen (secondary N) is 2. The Hall–Kier alpha value is -2.71. The zero-order chi connectivity index (χ0) is 22.1. The summed E-state index contributed by atoms with van der Waals surface area (Å²) in [5.74, 6) is -0.369. The fourth-order valence-corrected chi connectivity index (χ4v) is 4.35. The van der Waals surface area contributed by atoms with Crippen molar-refractivity contribution in [1.82, 2.24) is 4.31 Å². The smallest absolute Gasteiger partial charge is 0.255 e. The van der Waals surface area contributed by atoms with E-state index in [0.717, 1.165) is 12.8 Å². The third kappa shape index (κ3) is 6.14. The van der Waals surface area contributed by atoms with Gasteiger partial charge < -0.3 is 10.6 Å². The zero-order valence-corrected chi connectivity index (χ0v) is 18.5. The van der Waals surface area contributed by atoms with E-state index >= 15 is 0 Å². The molecule has 0 heterocycles. The number of amides is 2. The zero-order valence-electron chi connectivity index (χ0n) is 17.6.